The van der Waals surface area contributed by atoms with Gasteiger partial charge in [-0.15, -0.1) is 0 Å². The number of carbonyl (C=O) groups is 1. The van der Waals surface area contributed by atoms with E-state index in [4.69, 9.17) is 0 Å². The molecule has 0 saturated carbocycles. The number of nitrogens with zero attached hydrogens (tertiary/aromatic N) is 1. The molecule has 2 aromatic carbocycles. The number of fused-ring (bicyclic) bond motifs is 1. The van der Waals surface area contributed by atoms with Crippen molar-refractivity contribution in [1.29, 1.82) is 0 Å². The summed E-state index contributed by atoms with van der Waals surface area (Å²) in [4.78, 5) is 14.1. The lowest BCUT2D eigenvalue weighted by molar-refractivity contribution is 0.0916. The van der Waals surface area contributed by atoms with Gasteiger partial charge in [-0.25, -0.2) is 4.39 Å². The van der Waals surface area contributed by atoms with Crippen LogP contribution in [0.25, 0.3) is 0 Å². The van der Waals surface area contributed by atoms with E-state index >= 15 is 0 Å². The molecular weight excluding hydrogens is 295 g/mol. The molecule has 1 aliphatic heterocycles. The first-order valence-corrected chi connectivity index (χ1v) is 7.60. The summed E-state index contributed by atoms with van der Waals surface area (Å²) in [7, 11) is 2.04. The van der Waals surface area contributed by atoms with Crippen molar-refractivity contribution in [3.05, 3.63) is 65.0 Å². The normalized spacial score (nSPS) is 14.5. The van der Waals surface area contributed by atoms with E-state index in [1.807, 2.05) is 25.2 Å². The first kappa shape index (κ1) is 15.5. The zero-order valence-electron chi connectivity index (χ0n) is 12.9. The van der Waals surface area contributed by atoms with Crippen molar-refractivity contribution in [3.8, 4) is 0 Å². The number of anilines is 1. The van der Waals surface area contributed by atoms with Crippen LogP contribution in [0.1, 0.15) is 27.6 Å². The number of hydrogen-bond donors (Lipinski definition) is 2. The Balaban J connectivity index is 1.63. The smallest absolute Gasteiger partial charge is 0.251 e. The van der Waals surface area contributed by atoms with E-state index in [1.54, 1.807) is 0 Å². The molecule has 0 fully saturated rings. The standard InChI is InChI=1S/C18H19FN2O2/c1-21-8-7-12-9-13(5-6-16(12)21)17(22)11-20-18(23)14-3-2-4-15(19)10-14/h2-6,9-10,17,22H,7-8,11H2,1H3,(H,20,23). The van der Waals surface area contributed by atoms with Gasteiger partial charge in [0, 0.05) is 31.4 Å². The van der Waals surface area contributed by atoms with Crippen LogP contribution < -0.4 is 10.2 Å². The molecule has 1 unspecified atom stereocenters. The van der Waals surface area contributed by atoms with Gasteiger partial charge in [-0.1, -0.05) is 18.2 Å². The maximum atomic E-state index is 13.1. The summed E-state index contributed by atoms with van der Waals surface area (Å²) >= 11 is 0. The second-order valence-corrected chi connectivity index (χ2v) is 5.80. The van der Waals surface area contributed by atoms with E-state index in [9.17, 15) is 14.3 Å². The predicted molar refractivity (Wildman–Crippen MR) is 87.1 cm³/mol. The number of carbonyl (C=O) groups excluding carboxylic acids is 1. The SMILES string of the molecule is CN1CCc2cc(C(O)CNC(=O)c3cccc(F)c3)ccc21. The van der Waals surface area contributed by atoms with E-state index in [0.29, 0.717) is 0 Å². The molecule has 0 bridgehead atoms. The molecule has 1 aliphatic rings. The first-order chi connectivity index (χ1) is 11.0. The van der Waals surface area contributed by atoms with E-state index in [1.165, 1.54) is 35.5 Å². The average Bonchev–Trinajstić information content (AvgIpc) is 2.93. The third-order valence-electron chi connectivity index (χ3n) is 4.16. The minimum absolute atomic E-state index is 0.0873. The average molecular weight is 314 g/mol. The zero-order valence-corrected chi connectivity index (χ0v) is 12.9. The molecule has 0 aliphatic carbocycles. The fourth-order valence-electron chi connectivity index (χ4n) is 2.83. The minimum atomic E-state index is -0.788. The van der Waals surface area contributed by atoms with Crippen molar-refractivity contribution in [2.75, 3.05) is 25.0 Å². The summed E-state index contributed by atoms with van der Waals surface area (Å²) in [5.41, 5.74) is 3.41. The Kier molecular flexibility index (Phi) is 4.30. The molecule has 1 amide bonds. The van der Waals surface area contributed by atoms with Crippen molar-refractivity contribution < 1.29 is 14.3 Å². The molecule has 1 atom stereocenters. The van der Waals surface area contributed by atoms with Gasteiger partial charge < -0.3 is 15.3 Å². The summed E-state index contributed by atoms with van der Waals surface area (Å²) in [6, 6.07) is 11.3. The molecule has 5 heteroatoms. The summed E-state index contributed by atoms with van der Waals surface area (Å²) in [5, 5.41) is 12.9. The molecule has 2 aromatic rings. The highest BCUT2D eigenvalue weighted by atomic mass is 19.1. The number of aliphatic hydroxyl groups is 1. The van der Waals surface area contributed by atoms with Crippen molar-refractivity contribution in [1.82, 2.24) is 5.32 Å². The molecule has 120 valence electrons. The van der Waals surface area contributed by atoms with Crippen LogP contribution in [0, 0.1) is 5.82 Å². The van der Waals surface area contributed by atoms with Gasteiger partial charge in [0.15, 0.2) is 0 Å². The highest BCUT2D eigenvalue weighted by Gasteiger charge is 2.18. The molecule has 0 spiro atoms. The highest BCUT2D eigenvalue weighted by Crippen LogP contribution is 2.29. The van der Waals surface area contributed by atoms with Crippen LogP contribution in [-0.2, 0) is 6.42 Å². The number of benzene rings is 2. The number of aliphatic hydroxyl groups excluding tert-OH is 1. The van der Waals surface area contributed by atoms with E-state index < -0.39 is 17.8 Å². The third-order valence-corrected chi connectivity index (χ3v) is 4.16. The number of hydrogen-bond acceptors (Lipinski definition) is 3. The largest absolute Gasteiger partial charge is 0.387 e. The van der Waals surface area contributed by atoms with Crippen molar-refractivity contribution >= 4 is 11.6 Å². The lowest BCUT2D eigenvalue weighted by atomic mass is 10.0. The lowest BCUT2D eigenvalue weighted by Crippen LogP contribution is -2.28. The predicted octanol–water partition coefficient (Wildman–Crippen LogP) is 2.28. The van der Waals surface area contributed by atoms with Crippen LogP contribution in [0.3, 0.4) is 0 Å². The van der Waals surface area contributed by atoms with E-state index in [2.05, 4.69) is 10.2 Å². The Morgan fingerprint density at radius 3 is 2.96 bits per heavy atom. The quantitative estimate of drug-likeness (QED) is 0.910. The fraction of sp³-hybridized carbons (Fsp3) is 0.278. The van der Waals surface area contributed by atoms with Gasteiger partial charge in [0.2, 0.25) is 0 Å². The number of likely N-dealkylation sites (N-methyl/N-ethyl adjacent to an activating group) is 1. The van der Waals surface area contributed by atoms with Crippen LogP contribution in [0.15, 0.2) is 42.5 Å². The van der Waals surface area contributed by atoms with Crippen LogP contribution in [0.4, 0.5) is 10.1 Å². The van der Waals surface area contributed by atoms with Gasteiger partial charge in [0.1, 0.15) is 5.82 Å². The molecule has 0 aromatic heterocycles. The number of halogens is 1. The van der Waals surface area contributed by atoms with Gasteiger partial charge >= 0.3 is 0 Å². The molecule has 0 radical (unpaired) electrons. The lowest BCUT2D eigenvalue weighted by Gasteiger charge is -2.15. The topological polar surface area (TPSA) is 52.6 Å². The van der Waals surface area contributed by atoms with Crippen LogP contribution in [0.2, 0.25) is 0 Å². The Morgan fingerprint density at radius 1 is 1.35 bits per heavy atom. The Labute approximate surface area is 134 Å². The van der Waals surface area contributed by atoms with Gasteiger partial charge in [-0.3, -0.25) is 4.79 Å². The van der Waals surface area contributed by atoms with Crippen LogP contribution >= 0.6 is 0 Å². The molecule has 3 rings (SSSR count). The summed E-state index contributed by atoms with van der Waals surface area (Å²) < 4.78 is 13.1. The summed E-state index contributed by atoms with van der Waals surface area (Å²) in [6.07, 6.45) is 0.172. The Morgan fingerprint density at radius 2 is 2.17 bits per heavy atom. The Hall–Kier alpha value is -2.40. The zero-order chi connectivity index (χ0) is 16.4. The van der Waals surface area contributed by atoms with Gasteiger partial charge in [0.25, 0.3) is 5.91 Å². The monoisotopic (exact) mass is 314 g/mol. The van der Waals surface area contributed by atoms with E-state index in [-0.39, 0.29) is 12.1 Å². The van der Waals surface area contributed by atoms with Gasteiger partial charge in [-0.2, -0.15) is 0 Å². The minimum Gasteiger partial charge on any atom is -0.387 e. The molecule has 23 heavy (non-hydrogen) atoms. The molecule has 0 saturated heterocycles. The fourth-order valence-corrected chi connectivity index (χ4v) is 2.83. The number of nitrogens with one attached hydrogen (secondary N) is 1. The Bertz CT molecular complexity index is 733. The second-order valence-electron chi connectivity index (χ2n) is 5.80. The van der Waals surface area contributed by atoms with Crippen LogP contribution in [-0.4, -0.2) is 31.2 Å². The number of rotatable bonds is 4. The van der Waals surface area contributed by atoms with Crippen molar-refractivity contribution in [2.24, 2.45) is 0 Å². The summed E-state index contributed by atoms with van der Waals surface area (Å²) in [5.74, 6) is -0.856. The maximum absolute atomic E-state index is 13.1. The van der Waals surface area contributed by atoms with Crippen molar-refractivity contribution in [2.45, 2.75) is 12.5 Å². The molecular formula is C18H19FN2O2. The van der Waals surface area contributed by atoms with E-state index in [0.717, 1.165) is 18.5 Å². The maximum Gasteiger partial charge on any atom is 0.251 e. The van der Waals surface area contributed by atoms with Crippen molar-refractivity contribution in [3.63, 3.8) is 0 Å². The third kappa shape index (κ3) is 3.35. The molecule has 4 nitrogen and oxygen atoms in total. The summed E-state index contributed by atoms with van der Waals surface area (Å²) in [6.45, 7) is 1.06. The highest BCUT2D eigenvalue weighted by molar-refractivity contribution is 5.94. The van der Waals surface area contributed by atoms with Gasteiger partial charge in [-0.05, 0) is 41.8 Å². The molecule has 2 N–H and O–H groups in total. The number of amides is 1. The van der Waals surface area contributed by atoms with Crippen LogP contribution in [0.5, 0.6) is 0 Å². The second kappa shape index (κ2) is 6.38. The van der Waals surface area contributed by atoms with Gasteiger partial charge in [0.05, 0.1) is 6.10 Å². The molecule has 1 heterocycles. The first-order valence-electron chi connectivity index (χ1n) is 7.60.